The quantitative estimate of drug-likeness (QED) is 0.854. The lowest BCUT2D eigenvalue weighted by Crippen LogP contribution is -2.40. The van der Waals surface area contributed by atoms with Crippen LogP contribution in [-0.2, 0) is 14.8 Å². The van der Waals surface area contributed by atoms with Crippen LogP contribution in [0.25, 0.3) is 0 Å². The molecule has 2 aromatic rings. The highest BCUT2D eigenvalue weighted by molar-refractivity contribution is 7.92. The zero-order valence-corrected chi connectivity index (χ0v) is 15.1. The van der Waals surface area contributed by atoms with Crippen molar-refractivity contribution >= 4 is 33.2 Å². The van der Waals surface area contributed by atoms with E-state index < -0.39 is 10.0 Å². The van der Waals surface area contributed by atoms with E-state index in [4.69, 9.17) is 11.6 Å². The van der Waals surface area contributed by atoms with E-state index in [-0.39, 0.29) is 17.3 Å². The number of halogens is 1. The summed E-state index contributed by atoms with van der Waals surface area (Å²) < 4.78 is 27.0. The van der Waals surface area contributed by atoms with Crippen LogP contribution in [0.15, 0.2) is 53.4 Å². The van der Waals surface area contributed by atoms with Gasteiger partial charge in [0.2, 0.25) is 5.91 Å². The lowest BCUT2D eigenvalue weighted by Gasteiger charge is -2.24. The van der Waals surface area contributed by atoms with Crippen LogP contribution in [0.3, 0.4) is 0 Å². The number of nitrogens with zero attached hydrogens (tertiary/aromatic N) is 1. The molecule has 5 nitrogen and oxygen atoms in total. The Labute approximate surface area is 147 Å². The summed E-state index contributed by atoms with van der Waals surface area (Å²) in [6.07, 6.45) is 0. The molecule has 0 radical (unpaired) electrons. The minimum absolute atomic E-state index is 0.132. The molecule has 0 bridgehead atoms. The third kappa shape index (κ3) is 4.27. The summed E-state index contributed by atoms with van der Waals surface area (Å²) in [5, 5.41) is 3.11. The fourth-order valence-electron chi connectivity index (χ4n) is 2.14. The Morgan fingerprint density at radius 1 is 1.08 bits per heavy atom. The molecule has 7 heteroatoms. The molecular formula is C17H19ClN2O3S. The lowest BCUT2D eigenvalue weighted by atomic mass is 10.2. The van der Waals surface area contributed by atoms with Crippen molar-refractivity contribution in [1.29, 1.82) is 0 Å². The first kappa shape index (κ1) is 18.3. The largest absolute Gasteiger partial charge is 0.355 e. The zero-order valence-electron chi connectivity index (χ0n) is 13.5. The molecule has 2 aromatic carbocycles. The minimum atomic E-state index is -3.87. The molecule has 0 heterocycles. The number of aryl methyl sites for hydroxylation is 1. The van der Waals surface area contributed by atoms with Crippen molar-refractivity contribution in [1.82, 2.24) is 5.32 Å². The van der Waals surface area contributed by atoms with Crippen LogP contribution >= 0.6 is 11.6 Å². The van der Waals surface area contributed by atoms with E-state index in [9.17, 15) is 13.2 Å². The van der Waals surface area contributed by atoms with Crippen molar-refractivity contribution in [2.45, 2.75) is 18.7 Å². The summed E-state index contributed by atoms with van der Waals surface area (Å²) in [5.74, 6) is -0.372. The normalized spacial score (nSPS) is 11.1. The van der Waals surface area contributed by atoms with Gasteiger partial charge in [0.25, 0.3) is 10.0 Å². The third-order valence-corrected chi connectivity index (χ3v) is 5.42. The van der Waals surface area contributed by atoms with E-state index in [1.54, 1.807) is 43.3 Å². The number of carbonyl (C=O) groups excluding carboxylic acids is 1. The molecule has 128 valence electrons. The standard InChI is InChI=1S/C17H19ClN2O3S/c1-3-19-17(21)12-20(15-8-6-14(18)7-9-15)24(22,23)16-10-4-13(2)5-11-16/h4-11H,3,12H2,1-2H3,(H,19,21). The Balaban J connectivity index is 2.45. The summed E-state index contributed by atoms with van der Waals surface area (Å²) in [5.41, 5.74) is 1.34. The summed E-state index contributed by atoms with van der Waals surface area (Å²) in [4.78, 5) is 12.1. The molecule has 24 heavy (non-hydrogen) atoms. The van der Waals surface area contributed by atoms with Crippen LogP contribution < -0.4 is 9.62 Å². The van der Waals surface area contributed by atoms with Gasteiger partial charge in [-0.05, 0) is 50.2 Å². The molecule has 0 spiro atoms. The van der Waals surface area contributed by atoms with Gasteiger partial charge in [-0.2, -0.15) is 0 Å². The molecule has 0 aliphatic carbocycles. The number of anilines is 1. The van der Waals surface area contributed by atoms with Crippen LogP contribution in [0.5, 0.6) is 0 Å². The maximum atomic E-state index is 13.0. The molecule has 0 aliphatic rings. The number of nitrogens with one attached hydrogen (secondary N) is 1. The van der Waals surface area contributed by atoms with Gasteiger partial charge in [0.15, 0.2) is 0 Å². The molecule has 1 N–H and O–H groups in total. The number of hydrogen-bond acceptors (Lipinski definition) is 3. The smallest absolute Gasteiger partial charge is 0.264 e. The van der Waals surface area contributed by atoms with Crippen molar-refractivity contribution in [3.05, 3.63) is 59.1 Å². The van der Waals surface area contributed by atoms with Gasteiger partial charge < -0.3 is 5.32 Å². The summed E-state index contributed by atoms with van der Waals surface area (Å²) in [6.45, 7) is 3.78. The second-order valence-corrected chi connectivity index (χ2v) is 7.55. The first-order valence-electron chi connectivity index (χ1n) is 7.46. The second-order valence-electron chi connectivity index (χ2n) is 5.25. The molecular weight excluding hydrogens is 348 g/mol. The molecule has 1 amide bonds. The van der Waals surface area contributed by atoms with Gasteiger partial charge in [-0.1, -0.05) is 29.3 Å². The predicted molar refractivity (Wildman–Crippen MR) is 95.8 cm³/mol. The van der Waals surface area contributed by atoms with E-state index in [1.807, 2.05) is 6.92 Å². The summed E-state index contributed by atoms with van der Waals surface area (Å²) in [6, 6.07) is 12.8. The predicted octanol–water partition coefficient (Wildman–Crippen LogP) is 2.98. The number of carbonyl (C=O) groups is 1. The highest BCUT2D eigenvalue weighted by Gasteiger charge is 2.26. The van der Waals surface area contributed by atoms with Gasteiger partial charge >= 0.3 is 0 Å². The summed E-state index contributed by atoms with van der Waals surface area (Å²) in [7, 11) is -3.87. The molecule has 0 atom stereocenters. The number of likely N-dealkylation sites (N-methyl/N-ethyl adjacent to an activating group) is 1. The average Bonchev–Trinajstić information content (AvgIpc) is 2.54. The Bertz CT molecular complexity index is 803. The van der Waals surface area contributed by atoms with Crippen LogP contribution in [0.4, 0.5) is 5.69 Å². The van der Waals surface area contributed by atoms with Gasteiger partial charge in [-0.3, -0.25) is 9.10 Å². The van der Waals surface area contributed by atoms with Gasteiger partial charge in [0, 0.05) is 11.6 Å². The number of sulfonamides is 1. The highest BCUT2D eigenvalue weighted by atomic mass is 35.5. The maximum Gasteiger partial charge on any atom is 0.264 e. The fourth-order valence-corrected chi connectivity index (χ4v) is 3.69. The van der Waals surface area contributed by atoms with Crippen LogP contribution in [0.1, 0.15) is 12.5 Å². The molecule has 0 aliphatic heterocycles. The van der Waals surface area contributed by atoms with Crippen molar-refractivity contribution in [2.24, 2.45) is 0 Å². The molecule has 0 saturated carbocycles. The monoisotopic (exact) mass is 366 g/mol. The fraction of sp³-hybridized carbons (Fsp3) is 0.235. The zero-order chi connectivity index (χ0) is 17.7. The maximum absolute atomic E-state index is 13.0. The molecule has 2 rings (SSSR count). The number of amides is 1. The van der Waals surface area contributed by atoms with E-state index in [0.29, 0.717) is 17.3 Å². The van der Waals surface area contributed by atoms with Crippen molar-refractivity contribution in [3.8, 4) is 0 Å². The van der Waals surface area contributed by atoms with Crippen LogP contribution in [-0.4, -0.2) is 27.4 Å². The average molecular weight is 367 g/mol. The minimum Gasteiger partial charge on any atom is -0.355 e. The van der Waals surface area contributed by atoms with Gasteiger partial charge in [0.1, 0.15) is 6.54 Å². The van der Waals surface area contributed by atoms with E-state index in [0.717, 1.165) is 9.87 Å². The number of benzene rings is 2. The van der Waals surface area contributed by atoms with Crippen LogP contribution in [0, 0.1) is 6.92 Å². The number of hydrogen-bond donors (Lipinski definition) is 1. The first-order chi connectivity index (χ1) is 11.3. The van der Waals surface area contributed by atoms with Gasteiger partial charge in [-0.25, -0.2) is 8.42 Å². The Kier molecular flexibility index (Phi) is 5.85. The highest BCUT2D eigenvalue weighted by Crippen LogP contribution is 2.25. The molecule has 0 fully saturated rings. The first-order valence-corrected chi connectivity index (χ1v) is 9.28. The van der Waals surface area contributed by atoms with Crippen molar-refractivity contribution < 1.29 is 13.2 Å². The Morgan fingerprint density at radius 2 is 1.67 bits per heavy atom. The molecule has 0 saturated heterocycles. The molecule has 0 unspecified atom stereocenters. The Morgan fingerprint density at radius 3 is 2.21 bits per heavy atom. The van der Waals surface area contributed by atoms with E-state index in [1.165, 1.54) is 12.1 Å². The van der Waals surface area contributed by atoms with E-state index in [2.05, 4.69) is 5.32 Å². The van der Waals surface area contributed by atoms with Crippen LogP contribution in [0.2, 0.25) is 5.02 Å². The summed E-state index contributed by atoms with van der Waals surface area (Å²) >= 11 is 5.87. The Hall–Kier alpha value is -2.05. The molecule has 0 aromatic heterocycles. The lowest BCUT2D eigenvalue weighted by molar-refractivity contribution is -0.119. The number of rotatable bonds is 6. The van der Waals surface area contributed by atoms with E-state index >= 15 is 0 Å². The SMILES string of the molecule is CCNC(=O)CN(c1ccc(Cl)cc1)S(=O)(=O)c1ccc(C)cc1. The topological polar surface area (TPSA) is 66.5 Å². The van der Waals surface area contributed by atoms with Gasteiger partial charge in [-0.15, -0.1) is 0 Å². The second kappa shape index (κ2) is 7.68. The third-order valence-electron chi connectivity index (χ3n) is 3.38. The van der Waals surface area contributed by atoms with Crippen molar-refractivity contribution in [3.63, 3.8) is 0 Å². The van der Waals surface area contributed by atoms with Crippen molar-refractivity contribution in [2.75, 3.05) is 17.4 Å². The van der Waals surface area contributed by atoms with Gasteiger partial charge in [0.05, 0.1) is 10.6 Å².